The molecule has 2 aromatic carbocycles. The van der Waals surface area contributed by atoms with Gasteiger partial charge in [-0.25, -0.2) is 0 Å². The average molecular weight is 488 g/mol. The van der Waals surface area contributed by atoms with E-state index in [0.29, 0.717) is 22.4 Å². The highest BCUT2D eigenvalue weighted by Crippen LogP contribution is 2.29. The number of benzene rings is 2. The second-order valence-electron chi connectivity index (χ2n) is 8.38. The molecular weight excluding hydrogens is 462 g/mol. The predicted octanol–water partition coefficient (Wildman–Crippen LogP) is 5.22. The number of rotatable bonds is 9. The highest BCUT2D eigenvalue weighted by Gasteiger charge is 2.29. The van der Waals surface area contributed by atoms with Crippen LogP contribution < -0.4 is 5.32 Å². The van der Waals surface area contributed by atoms with Crippen molar-refractivity contribution in [3.8, 4) is 5.69 Å². The topological polar surface area (TPSA) is 103 Å². The summed E-state index contributed by atoms with van der Waals surface area (Å²) in [5, 5.41) is 23.4. The molecule has 10 heteroatoms. The van der Waals surface area contributed by atoms with Gasteiger partial charge in [0.15, 0.2) is 11.0 Å². The predicted molar refractivity (Wildman–Crippen MR) is 130 cm³/mol. The number of aryl methyl sites for hydroxylation is 1. The maximum atomic E-state index is 12.7. The summed E-state index contributed by atoms with van der Waals surface area (Å²) in [6, 6.07) is 13.8. The number of nitro groups is 1. The fourth-order valence-corrected chi connectivity index (χ4v) is 4.21. The summed E-state index contributed by atoms with van der Waals surface area (Å²) in [7, 11) is 0. The van der Waals surface area contributed by atoms with E-state index in [9.17, 15) is 14.9 Å². The summed E-state index contributed by atoms with van der Waals surface area (Å²) in [5.41, 5.74) is 2.28. The summed E-state index contributed by atoms with van der Waals surface area (Å²) in [4.78, 5) is 23.3. The van der Waals surface area contributed by atoms with Crippen molar-refractivity contribution in [3.05, 3.63) is 75.6 Å². The van der Waals surface area contributed by atoms with Crippen molar-refractivity contribution >= 4 is 35.0 Å². The molecule has 0 aliphatic heterocycles. The van der Waals surface area contributed by atoms with Crippen molar-refractivity contribution in [3.63, 3.8) is 0 Å². The van der Waals surface area contributed by atoms with E-state index in [1.165, 1.54) is 35.0 Å². The van der Waals surface area contributed by atoms with Crippen LogP contribution in [0.1, 0.15) is 43.8 Å². The van der Waals surface area contributed by atoms with E-state index in [1.54, 1.807) is 26.0 Å². The Morgan fingerprint density at radius 3 is 2.48 bits per heavy atom. The average Bonchev–Trinajstić information content (AvgIpc) is 3.22. The molecule has 3 rings (SSSR count). The van der Waals surface area contributed by atoms with Crippen LogP contribution in [-0.2, 0) is 10.5 Å². The number of thioether (sulfide) groups is 1. The van der Waals surface area contributed by atoms with Crippen molar-refractivity contribution in [1.82, 2.24) is 20.1 Å². The summed E-state index contributed by atoms with van der Waals surface area (Å²) in [6.07, 6.45) is 0. The lowest BCUT2D eigenvalue weighted by molar-refractivity contribution is -0.384. The molecule has 3 aromatic rings. The lowest BCUT2D eigenvalue weighted by Crippen LogP contribution is -2.40. The van der Waals surface area contributed by atoms with E-state index in [4.69, 9.17) is 11.6 Å². The normalized spacial score (nSPS) is 12.4. The van der Waals surface area contributed by atoms with Crippen LogP contribution >= 0.6 is 23.4 Å². The molecule has 0 saturated heterocycles. The van der Waals surface area contributed by atoms with Crippen LogP contribution in [-0.4, -0.2) is 31.5 Å². The Morgan fingerprint density at radius 2 is 1.88 bits per heavy atom. The number of nitrogens with one attached hydrogen (secondary N) is 1. The zero-order valence-electron chi connectivity index (χ0n) is 18.9. The number of amides is 1. The molecule has 0 bridgehead atoms. The van der Waals surface area contributed by atoms with Crippen LogP contribution in [0.5, 0.6) is 0 Å². The first kappa shape index (κ1) is 24.7. The molecule has 33 heavy (non-hydrogen) atoms. The number of carbonyl (C=O) groups is 1. The third-order valence-electron chi connectivity index (χ3n) is 5.28. The lowest BCUT2D eigenvalue weighted by Gasteiger charge is -2.23. The smallest absolute Gasteiger partial charge is 0.269 e. The van der Waals surface area contributed by atoms with E-state index in [1.807, 2.05) is 23.6 Å². The molecule has 0 aliphatic rings. The van der Waals surface area contributed by atoms with Crippen LogP contribution in [0.25, 0.3) is 5.69 Å². The third kappa shape index (κ3) is 5.72. The molecule has 1 heterocycles. The highest BCUT2D eigenvalue weighted by molar-refractivity contribution is 7.98. The first-order chi connectivity index (χ1) is 15.6. The Labute approximate surface area is 201 Å². The Hall–Kier alpha value is -2.91. The number of nitro benzene ring substituents is 1. The molecule has 0 saturated carbocycles. The molecule has 8 nitrogen and oxygen atoms in total. The molecule has 1 atom stereocenters. The quantitative estimate of drug-likeness (QED) is 0.192. The summed E-state index contributed by atoms with van der Waals surface area (Å²) in [6.45, 7) is 7.42. The number of carbonyl (C=O) groups excluding carboxylic acids is 1. The van der Waals surface area contributed by atoms with Gasteiger partial charge in [-0.3, -0.25) is 19.5 Å². The number of hydrogen-bond acceptors (Lipinski definition) is 6. The lowest BCUT2D eigenvalue weighted by atomic mass is 9.95. The first-order valence-electron chi connectivity index (χ1n) is 10.4. The van der Waals surface area contributed by atoms with E-state index in [0.717, 1.165) is 0 Å². The summed E-state index contributed by atoms with van der Waals surface area (Å²) >= 11 is 7.46. The van der Waals surface area contributed by atoms with Gasteiger partial charge in [-0.1, -0.05) is 36.0 Å². The molecular formula is C23H26ClN5O3S. The van der Waals surface area contributed by atoms with Crippen LogP contribution in [0.15, 0.2) is 53.7 Å². The maximum Gasteiger partial charge on any atom is 0.269 e. The van der Waals surface area contributed by atoms with Crippen LogP contribution in [0.3, 0.4) is 0 Å². The van der Waals surface area contributed by atoms with Gasteiger partial charge in [0.1, 0.15) is 0 Å². The molecule has 0 radical (unpaired) electrons. The Kier molecular flexibility index (Phi) is 7.76. The molecule has 1 N–H and O–H groups in total. The second kappa shape index (κ2) is 10.4. The summed E-state index contributed by atoms with van der Waals surface area (Å²) < 4.78 is 1.82. The third-order valence-corrected chi connectivity index (χ3v) is 6.92. The maximum absolute atomic E-state index is 12.7. The number of hydrogen-bond donors (Lipinski definition) is 1. The molecule has 1 aromatic heterocycles. The van der Waals surface area contributed by atoms with Crippen LogP contribution in [0, 0.1) is 22.5 Å². The number of aromatic nitrogens is 3. The second-order valence-corrected chi connectivity index (χ2v) is 9.59. The highest BCUT2D eigenvalue weighted by atomic mass is 35.5. The van der Waals surface area contributed by atoms with Crippen LogP contribution in [0.2, 0.25) is 0 Å². The SMILES string of the molecule is Cc1ccccc1CSc1nnc(C(C)NC(=O)C(C)(C)CCl)n1-c1ccc([N+](=O)[O-])cc1. The molecule has 0 fully saturated rings. The monoisotopic (exact) mass is 487 g/mol. The first-order valence-corrected chi connectivity index (χ1v) is 11.9. The fourth-order valence-electron chi connectivity index (χ4n) is 3.05. The minimum atomic E-state index is -0.740. The van der Waals surface area contributed by atoms with Crippen molar-refractivity contribution in [2.75, 3.05) is 5.88 Å². The standard InChI is InChI=1S/C23H26ClN5O3S/c1-15-7-5-6-8-17(15)13-33-22-27-26-20(16(2)25-21(30)23(3,4)14-24)28(22)18-9-11-19(12-10-18)29(31)32/h5-12,16H,13-14H2,1-4H3,(H,25,30). The van der Waals surface area contributed by atoms with Crippen molar-refractivity contribution < 1.29 is 9.72 Å². The van der Waals surface area contributed by atoms with Crippen molar-refractivity contribution in [2.24, 2.45) is 5.41 Å². The van der Waals surface area contributed by atoms with Crippen LogP contribution in [0.4, 0.5) is 5.69 Å². The van der Waals surface area contributed by atoms with Gasteiger partial charge in [0.05, 0.1) is 16.4 Å². The van der Waals surface area contributed by atoms with Gasteiger partial charge in [0, 0.05) is 29.5 Å². The van der Waals surface area contributed by atoms with Gasteiger partial charge in [0.2, 0.25) is 5.91 Å². The fraction of sp³-hybridized carbons (Fsp3) is 0.348. The number of halogens is 1. The van der Waals surface area contributed by atoms with E-state index in [2.05, 4.69) is 34.6 Å². The largest absolute Gasteiger partial charge is 0.346 e. The number of nitrogens with zero attached hydrogens (tertiary/aromatic N) is 4. The van der Waals surface area contributed by atoms with Crippen molar-refractivity contribution in [1.29, 1.82) is 0 Å². The zero-order valence-corrected chi connectivity index (χ0v) is 20.5. The van der Waals surface area contributed by atoms with Gasteiger partial charge >= 0.3 is 0 Å². The van der Waals surface area contributed by atoms with Gasteiger partial charge < -0.3 is 5.32 Å². The van der Waals surface area contributed by atoms with Gasteiger partial charge in [-0.05, 0) is 51.0 Å². The molecule has 1 unspecified atom stereocenters. The number of alkyl halides is 1. The number of non-ortho nitro benzene ring substituents is 1. The minimum Gasteiger partial charge on any atom is -0.346 e. The van der Waals surface area contributed by atoms with Gasteiger partial charge in [0.25, 0.3) is 5.69 Å². The minimum absolute atomic E-state index is 0.00676. The molecule has 174 valence electrons. The van der Waals surface area contributed by atoms with E-state index >= 15 is 0 Å². The van der Waals surface area contributed by atoms with Gasteiger partial charge in [-0.15, -0.1) is 21.8 Å². The Balaban J connectivity index is 1.96. The van der Waals surface area contributed by atoms with E-state index in [-0.39, 0.29) is 17.5 Å². The Bertz CT molecular complexity index is 1150. The summed E-state index contributed by atoms with van der Waals surface area (Å²) in [5.74, 6) is 1.18. The molecule has 0 spiro atoms. The van der Waals surface area contributed by atoms with Gasteiger partial charge in [-0.2, -0.15) is 0 Å². The molecule has 0 aliphatic carbocycles. The molecule has 1 amide bonds. The van der Waals surface area contributed by atoms with Crippen molar-refractivity contribution in [2.45, 2.75) is 44.6 Å². The zero-order chi connectivity index (χ0) is 24.2. The Morgan fingerprint density at radius 1 is 1.21 bits per heavy atom. The van der Waals surface area contributed by atoms with E-state index < -0.39 is 16.4 Å².